The molecule has 3 aliphatic rings. The van der Waals surface area contributed by atoms with Crippen molar-refractivity contribution in [1.29, 1.82) is 0 Å². The SMILES string of the molecule is O=C(c1cnc2c(c1)N(CC1CC1)C(=O)CN2)N1CCCN(Cc2ccccc2F)CC1. The van der Waals surface area contributed by atoms with E-state index in [1.807, 2.05) is 17.0 Å². The standard InChI is InChI=1S/C24H28FN5O2/c25-20-5-2-1-4-18(20)16-28-8-3-9-29(11-10-28)24(32)19-12-21-23(26-13-19)27-14-22(31)30(21)15-17-6-7-17/h1-2,4-5,12-13,17H,3,6-11,14-16H2,(H,26,27). The quantitative estimate of drug-likeness (QED) is 0.779. The number of anilines is 2. The molecule has 1 N–H and O–H groups in total. The number of halogens is 1. The minimum atomic E-state index is -0.191. The molecule has 8 heteroatoms. The van der Waals surface area contributed by atoms with E-state index in [1.54, 1.807) is 23.2 Å². The van der Waals surface area contributed by atoms with Crippen LogP contribution in [-0.2, 0) is 11.3 Å². The summed E-state index contributed by atoms with van der Waals surface area (Å²) in [6.45, 7) is 4.20. The lowest BCUT2D eigenvalue weighted by molar-refractivity contribution is -0.117. The van der Waals surface area contributed by atoms with Crippen LogP contribution in [0.5, 0.6) is 0 Å². The maximum Gasteiger partial charge on any atom is 0.255 e. The van der Waals surface area contributed by atoms with Gasteiger partial charge in [-0.1, -0.05) is 18.2 Å². The van der Waals surface area contributed by atoms with Crippen molar-refractivity contribution < 1.29 is 14.0 Å². The molecule has 5 rings (SSSR count). The predicted molar refractivity (Wildman–Crippen MR) is 120 cm³/mol. The van der Waals surface area contributed by atoms with Crippen LogP contribution in [0.25, 0.3) is 0 Å². The summed E-state index contributed by atoms with van der Waals surface area (Å²) in [4.78, 5) is 36.0. The summed E-state index contributed by atoms with van der Waals surface area (Å²) in [5.74, 6) is 0.972. The van der Waals surface area contributed by atoms with Gasteiger partial charge in [0.05, 0.1) is 17.8 Å². The molecule has 0 radical (unpaired) electrons. The zero-order valence-corrected chi connectivity index (χ0v) is 18.1. The van der Waals surface area contributed by atoms with Crippen LogP contribution < -0.4 is 10.2 Å². The maximum absolute atomic E-state index is 14.0. The first kappa shape index (κ1) is 20.9. The second kappa shape index (κ2) is 8.86. The summed E-state index contributed by atoms with van der Waals surface area (Å²) < 4.78 is 14.0. The second-order valence-corrected chi connectivity index (χ2v) is 8.91. The Bertz CT molecular complexity index is 1030. The van der Waals surface area contributed by atoms with E-state index in [4.69, 9.17) is 0 Å². The molecule has 32 heavy (non-hydrogen) atoms. The molecule has 1 aromatic carbocycles. The number of hydrogen-bond acceptors (Lipinski definition) is 5. The van der Waals surface area contributed by atoms with Crippen LogP contribution in [0.3, 0.4) is 0 Å². The third-order valence-corrected chi connectivity index (χ3v) is 6.48. The Balaban J connectivity index is 1.28. The van der Waals surface area contributed by atoms with Crippen molar-refractivity contribution in [3.05, 3.63) is 53.5 Å². The van der Waals surface area contributed by atoms with Gasteiger partial charge in [0.15, 0.2) is 0 Å². The topological polar surface area (TPSA) is 68.8 Å². The molecule has 1 saturated heterocycles. The van der Waals surface area contributed by atoms with Gasteiger partial charge in [-0.3, -0.25) is 14.5 Å². The van der Waals surface area contributed by atoms with E-state index in [-0.39, 0.29) is 24.2 Å². The zero-order valence-electron chi connectivity index (χ0n) is 18.1. The molecule has 2 amide bonds. The van der Waals surface area contributed by atoms with Crippen LogP contribution in [0.1, 0.15) is 35.2 Å². The smallest absolute Gasteiger partial charge is 0.255 e. The normalized spacial score (nSPS) is 19.3. The largest absolute Gasteiger partial charge is 0.359 e. The van der Waals surface area contributed by atoms with Gasteiger partial charge in [0, 0.05) is 51.0 Å². The zero-order chi connectivity index (χ0) is 22.1. The van der Waals surface area contributed by atoms with Crippen molar-refractivity contribution in [2.75, 3.05) is 49.5 Å². The minimum absolute atomic E-state index is 0.0226. The minimum Gasteiger partial charge on any atom is -0.359 e. The molecule has 2 aromatic rings. The number of hydrogen-bond donors (Lipinski definition) is 1. The van der Waals surface area contributed by atoms with E-state index >= 15 is 0 Å². The molecule has 2 aliphatic heterocycles. The predicted octanol–water partition coefficient (Wildman–Crippen LogP) is 2.74. The molecule has 168 valence electrons. The highest BCUT2D eigenvalue weighted by molar-refractivity contribution is 6.04. The number of amides is 2. The van der Waals surface area contributed by atoms with Gasteiger partial charge in [-0.15, -0.1) is 0 Å². The number of benzene rings is 1. The molecule has 1 aromatic heterocycles. The Kier molecular flexibility index (Phi) is 5.78. The average Bonchev–Trinajstić information content (AvgIpc) is 3.64. The summed E-state index contributed by atoms with van der Waals surface area (Å²) in [5, 5.41) is 3.06. The Morgan fingerprint density at radius 2 is 2.00 bits per heavy atom. The van der Waals surface area contributed by atoms with Crippen LogP contribution in [0.4, 0.5) is 15.9 Å². The van der Waals surface area contributed by atoms with Gasteiger partial charge in [0.2, 0.25) is 5.91 Å². The van der Waals surface area contributed by atoms with Crippen LogP contribution >= 0.6 is 0 Å². The van der Waals surface area contributed by atoms with Gasteiger partial charge >= 0.3 is 0 Å². The number of carbonyl (C=O) groups is 2. The highest BCUT2D eigenvalue weighted by Crippen LogP contribution is 2.35. The number of fused-ring (bicyclic) bond motifs is 1. The van der Waals surface area contributed by atoms with Crippen LogP contribution in [0.15, 0.2) is 36.5 Å². The van der Waals surface area contributed by atoms with E-state index in [2.05, 4.69) is 15.2 Å². The maximum atomic E-state index is 14.0. The Hall–Kier alpha value is -3.00. The number of nitrogens with zero attached hydrogens (tertiary/aromatic N) is 4. The summed E-state index contributed by atoms with van der Waals surface area (Å²) in [6, 6.07) is 8.65. The van der Waals surface area contributed by atoms with E-state index < -0.39 is 0 Å². The lowest BCUT2D eigenvalue weighted by atomic mass is 10.1. The van der Waals surface area contributed by atoms with Crippen molar-refractivity contribution in [2.24, 2.45) is 5.92 Å². The summed E-state index contributed by atoms with van der Waals surface area (Å²) in [7, 11) is 0. The number of aromatic nitrogens is 1. The fourth-order valence-corrected chi connectivity index (χ4v) is 4.44. The first-order valence-corrected chi connectivity index (χ1v) is 11.4. The van der Waals surface area contributed by atoms with Crippen LogP contribution in [-0.4, -0.2) is 65.9 Å². The van der Waals surface area contributed by atoms with Gasteiger partial charge in [-0.05, 0) is 37.3 Å². The average molecular weight is 438 g/mol. The van der Waals surface area contributed by atoms with E-state index in [0.717, 1.165) is 25.8 Å². The van der Waals surface area contributed by atoms with Crippen LogP contribution in [0.2, 0.25) is 0 Å². The molecule has 2 fully saturated rings. The molecular formula is C24H28FN5O2. The summed E-state index contributed by atoms with van der Waals surface area (Å²) in [6.07, 6.45) is 4.72. The van der Waals surface area contributed by atoms with Gasteiger partial charge in [-0.2, -0.15) is 0 Å². The molecule has 1 saturated carbocycles. The van der Waals surface area contributed by atoms with Gasteiger partial charge in [0.25, 0.3) is 5.91 Å². The van der Waals surface area contributed by atoms with Gasteiger partial charge < -0.3 is 15.1 Å². The van der Waals surface area contributed by atoms with Crippen molar-refractivity contribution in [2.45, 2.75) is 25.8 Å². The van der Waals surface area contributed by atoms with Crippen molar-refractivity contribution in [1.82, 2.24) is 14.8 Å². The number of nitrogens with one attached hydrogen (secondary N) is 1. The summed E-state index contributed by atoms with van der Waals surface area (Å²) >= 11 is 0. The molecule has 0 atom stereocenters. The first-order valence-electron chi connectivity index (χ1n) is 11.4. The number of pyridine rings is 1. The monoisotopic (exact) mass is 437 g/mol. The fraction of sp³-hybridized carbons (Fsp3) is 0.458. The van der Waals surface area contributed by atoms with Crippen molar-refractivity contribution in [3.8, 4) is 0 Å². The second-order valence-electron chi connectivity index (χ2n) is 8.91. The summed E-state index contributed by atoms with van der Waals surface area (Å²) in [5.41, 5.74) is 1.89. The lowest BCUT2D eigenvalue weighted by Crippen LogP contribution is -2.42. The third kappa shape index (κ3) is 4.46. The molecule has 0 unspecified atom stereocenters. The molecule has 7 nitrogen and oxygen atoms in total. The van der Waals surface area contributed by atoms with E-state index in [1.165, 1.54) is 6.07 Å². The molecule has 0 bridgehead atoms. The van der Waals surface area contributed by atoms with E-state index in [0.29, 0.717) is 61.3 Å². The lowest BCUT2D eigenvalue weighted by Gasteiger charge is -2.30. The molecule has 0 spiro atoms. The Morgan fingerprint density at radius 1 is 1.16 bits per heavy atom. The molecule has 1 aliphatic carbocycles. The molecular weight excluding hydrogens is 409 g/mol. The highest BCUT2D eigenvalue weighted by Gasteiger charge is 2.32. The van der Waals surface area contributed by atoms with Crippen LogP contribution in [0, 0.1) is 11.7 Å². The fourth-order valence-electron chi connectivity index (χ4n) is 4.44. The molecule has 3 heterocycles. The van der Waals surface area contributed by atoms with Gasteiger partial charge in [-0.25, -0.2) is 9.37 Å². The number of rotatable bonds is 5. The van der Waals surface area contributed by atoms with Gasteiger partial charge in [0.1, 0.15) is 11.6 Å². The third-order valence-electron chi connectivity index (χ3n) is 6.48. The van der Waals surface area contributed by atoms with E-state index in [9.17, 15) is 14.0 Å². The Labute approximate surface area is 187 Å². The van der Waals surface area contributed by atoms with Crippen molar-refractivity contribution in [3.63, 3.8) is 0 Å². The number of carbonyl (C=O) groups excluding carboxylic acids is 2. The first-order chi connectivity index (χ1) is 15.6. The highest BCUT2D eigenvalue weighted by atomic mass is 19.1. The van der Waals surface area contributed by atoms with Crippen molar-refractivity contribution >= 4 is 23.3 Å². The Morgan fingerprint density at radius 3 is 2.81 bits per heavy atom.